The highest BCUT2D eigenvalue weighted by Gasteiger charge is 2.35. The van der Waals surface area contributed by atoms with Gasteiger partial charge in [-0.3, -0.25) is 14.5 Å². The van der Waals surface area contributed by atoms with Crippen molar-refractivity contribution in [3.8, 4) is 11.5 Å². The number of thioether (sulfide) groups is 1. The average Bonchev–Trinajstić information content (AvgIpc) is 3.02. The molecular formula is C22H19Br2NO6S. The molecule has 2 aromatic carbocycles. The summed E-state index contributed by atoms with van der Waals surface area (Å²) in [5, 5.41) is -0.328. The van der Waals surface area contributed by atoms with E-state index in [4.69, 9.17) is 9.47 Å². The van der Waals surface area contributed by atoms with Crippen LogP contribution in [0.2, 0.25) is 0 Å². The van der Waals surface area contributed by atoms with Crippen LogP contribution in [-0.2, 0) is 20.9 Å². The van der Waals surface area contributed by atoms with Crippen LogP contribution in [0.4, 0.5) is 4.79 Å². The number of methoxy groups -OCH3 is 1. The highest BCUT2D eigenvalue weighted by Crippen LogP contribution is 2.39. The van der Waals surface area contributed by atoms with Gasteiger partial charge in [0, 0.05) is 4.47 Å². The van der Waals surface area contributed by atoms with Crippen LogP contribution in [0.3, 0.4) is 0 Å². The van der Waals surface area contributed by atoms with E-state index in [-0.39, 0.29) is 24.3 Å². The van der Waals surface area contributed by atoms with Crippen molar-refractivity contribution in [1.29, 1.82) is 0 Å². The average molecular weight is 585 g/mol. The van der Waals surface area contributed by atoms with E-state index in [1.807, 2.05) is 31.2 Å². The fourth-order valence-corrected chi connectivity index (χ4v) is 4.50. The number of imide groups is 1. The lowest BCUT2D eigenvalue weighted by Crippen LogP contribution is -2.27. The maximum absolute atomic E-state index is 12.9. The Bertz CT molecular complexity index is 1070. The summed E-state index contributed by atoms with van der Waals surface area (Å²) in [5.74, 6) is -0.144. The second-order valence-electron chi connectivity index (χ2n) is 6.52. The van der Waals surface area contributed by atoms with Gasteiger partial charge in [0.2, 0.25) is 0 Å². The van der Waals surface area contributed by atoms with E-state index >= 15 is 0 Å². The van der Waals surface area contributed by atoms with Crippen LogP contribution in [0.1, 0.15) is 18.1 Å². The molecule has 0 radical (unpaired) electrons. The number of nitrogens with zero attached hydrogens (tertiary/aromatic N) is 1. The van der Waals surface area contributed by atoms with Gasteiger partial charge in [0.25, 0.3) is 11.1 Å². The number of hydrogen-bond acceptors (Lipinski definition) is 7. The molecular weight excluding hydrogens is 566 g/mol. The molecule has 1 aliphatic rings. The molecule has 0 spiro atoms. The number of benzene rings is 2. The summed E-state index contributed by atoms with van der Waals surface area (Å²) in [4.78, 5) is 38.2. The number of carbonyl (C=O) groups is 3. The Morgan fingerprint density at radius 2 is 1.84 bits per heavy atom. The molecule has 0 aromatic heterocycles. The fourth-order valence-electron chi connectivity index (χ4n) is 2.82. The van der Waals surface area contributed by atoms with Gasteiger partial charge in [-0.1, -0.05) is 28.1 Å². The van der Waals surface area contributed by atoms with Crippen molar-refractivity contribution in [3.05, 3.63) is 61.4 Å². The van der Waals surface area contributed by atoms with Crippen molar-refractivity contribution in [2.24, 2.45) is 0 Å². The number of amides is 2. The molecule has 0 atom stereocenters. The normalized spacial score (nSPS) is 14.8. The van der Waals surface area contributed by atoms with E-state index in [9.17, 15) is 14.4 Å². The molecule has 10 heteroatoms. The summed E-state index contributed by atoms with van der Waals surface area (Å²) in [6, 6.07) is 10.8. The monoisotopic (exact) mass is 583 g/mol. The quantitative estimate of drug-likeness (QED) is 0.303. The Kier molecular flexibility index (Phi) is 8.38. The van der Waals surface area contributed by atoms with Gasteiger partial charge < -0.3 is 14.2 Å². The lowest BCUT2D eigenvalue weighted by Gasteiger charge is -2.14. The van der Waals surface area contributed by atoms with Crippen LogP contribution in [0, 0.1) is 0 Å². The number of esters is 1. The Balaban J connectivity index is 1.83. The number of carbonyl (C=O) groups excluding carboxylic acids is 3. The summed E-state index contributed by atoms with van der Waals surface area (Å²) in [5.41, 5.74) is 1.49. The molecule has 0 aliphatic carbocycles. The molecule has 0 saturated carbocycles. The van der Waals surface area contributed by atoms with E-state index in [1.165, 1.54) is 12.0 Å². The zero-order chi connectivity index (χ0) is 23.3. The van der Waals surface area contributed by atoms with Gasteiger partial charge in [-0.2, -0.15) is 0 Å². The third kappa shape index (κ3) is 5.93. The smallest absolute Gasteiger partial charge is 0.343 e. The van der Waals surface area contributed by atoms with Crippen molar-refractivity contribution >= 4 is 66.8 Å². The van der Waals surface area contributed by atoms with Gasteiger partial charge in [0.05, 0.1) is 29.6 Å². The SMILES string of the molecule is CCOc1cc(/C=C2\SC(=O)N(Cc3ccc(Br)cc3)C2=O)cc(Br)c1OCC(=O)OC. The van der Waals surface area contributed by atoms with E-state index in [2.05, 4.69) is 36.6 Å². The zero-order valence-corrected chi connectivity index (χ0v) is 21.2. The molecule has 2 aromatic rings. The lowest BCUT2D eigenvalue weighted by atomic mass is 10.1. The topological polar surface area (TPSA) is 82.1 Å². The van der Waals surface area contributed by atoms with E-state index in [0.29, 0.717) is 33.0 Å². The predicted octanol–water partition coefficient (Wildman–Crippen LogP) is 5.40. The van der Waals surface area contributed by atoms with Crippen molar-refractivity contribution in [1.82, 2.24) is 4.90 Å². The van der Waals surface area contributed by atoms with Gasteiger partial charge in [-0.15, -0.1) is 0 Å². The Morgan fingerprint density at radius 3 is 2.50 bits per heavy atom. The molecule has 0 bridgehead atoms. The summed E-state index contributed by atoms with van der Waals surface area (Å²) < 4.78 is 17.2. The molecule has 0 unspecified atom stereocenters. The molecule has 1 heterocycles. The molecule has 1 fully saturated rings. The molecule has 3 rings (SSSR count). The second kappa shape index (κ2) is 11.0. The number of rotatable bonds is 8. The highest BCUT2D eigenvalue weighted by molar-refractivity contribution is 9.10. The minimum Gasteiger partial charge on any atom is -0.490 e. The first-order valence-corrected chi connectivity index (χ1v) is 11.9. The van der Waals surface area contributed by atoms with Gasteiger partial charge in [0.15, 0.2) is 18.1 Å². The predicted molar refractivity (Wildman–Crippen MR) is 128 cm³/mol. The largest absolute Gasteiger partial charge is 0.490 e. The minimum absolute atomic E-state index is 0.198. The van der Waals surface area contributed by atoms with Crippen LogP contribution < -0.4 is 9.47 Å². The van der Waals surface area contributed by atoms with E-state index in [0.717, 1.165) is 21.8 Å². The van der Waals surface area contributed by atoms with Crippen LogP contribution >= 0.6 is 43.6 Å². The third-order valence-corrected chi connectivity index (χ3v) is 6.34. The van der Waals surface area contributed by atoms with Crippen molar-refractivity contribution < 1.29 is 28.6 Å². The van der Waals surface area contributed by atoms with Crippen LogP contribution in [0.25, 0.3) is 6.08 Å². The zero-order valence-electron chi connectivity index (χ0n) is 17.2. The Hall–Kier alpha value is -2.30. The van der Waals surface area contributed by atoms with Crippen molar-refractivity contribution in [3.63, 3.8) is 0 Å². The molecule has 32 heavy (non-hydrogen) atoms. The highest BCUT2D eigenvalue weighted by atomic mass is 79.9. The van der Waals surface area contributed by atoms with E-state index in [1.54, 1.807) is 18.2 Å². The van der Waals surface area contributed by atoms with Gasteiger partial charge in [-0.05, 0) is 76.1 Å². The van der Waals surface area contributed by atoms with Crippen molar-refractivity contribution in [2.75, 3.05) is 20.3 Å². The van der Waals surface area contributed by atoms with Gasteiger partial charge in [-0.25, -0.2) is 4.79 Å². The molecule has 2 amide bonds. The third-order valence-electron chi connectivity index (χ3n) is 4.32. The summed E-state index contributed by atoms with van der Waals surface area (Å²) in [6.45, 7) is 2.11. The first kappa shape index (κ1) is 24.3. The standard InChI is InChI=1S/C22H19Br2NO6S/c1-3-30-17-9-14(8-16(24)20(17)31-12-19(26)29-2)10-18-21(27)25(22(28)32-18)11-13-4-6-15(23)7-5-13/h4-10H,3,11-12H2,1-2H3/b18-10-. The van der Waals surface area contributed by atoms with Gasteiger partial charge >= 0.3 is 5.97 Å². The first-order chi connectivity index (χ1) is 15.3. The lowest BCUT2D eigenvalue weighted by molar-refractivity contribution is -0.143. The number of ether oxygens (including phenoxy) is 3. The molecule has 1 saturated heterocycles. The minimum atomic E-state index is -0.525. The molecule has 7 nitrogen and oxygen atoms in total. The van der Waals surface area contributed by atoms with Crippen LogP contribution in [0.15, 0.2) is 50.2 Å². The van der Waals surface area contributed by atoms with Crippen LogP contribution in [0.5, 0.6) is 11.5 Å². The Morgan fingerprint density at radius 1 is 1.12 bits per heavy atom. The summed E-state index contributed by atoms with van der Waals surface area (Å²) in [7, 11) is 1.27. The fraction of sp³-hybridized carbons (Fsp3) is 0.227. The summed E-state index contributed by atoms with van der Waals surface area (Å²) >= 11 is 7.68. The van der Waals surface area contributed by atoms with Crippen LogP contribution in [-0.4, -0.2) is 42.3 Å². The Labute approximate surface area is 206 Å². The van der Waals surface area contributed by atoms with Crippen molar-refractivity contribution in [2.45, 2.75) is 13.5 Å². The number of halogens is 2. The molecule has 168 valence electrons. The molecule has 1 aliphatic heterocycles. The summed E-state index contributed by atoms with van der Waals surface area (Å²) in [6.07, 6.45) is 1.63. The maximum atomic E-state index is 12.9. The maximum Gasteiger partial charge on any atom is 0.343 e. The van der Waals surface area contributed by atoms with E-state index < -0.39 is 5.97 Å². The first-order valence-electron chi connectivity index (χ1n) is 9.48. The molecule has 0 N–H and O–H groups in total. The van der Waals surface area contributed by atoms with Gasteiger partial charge in [0.1, 0.15) is 0 Å². The number of hydrogen-bond donors (Lipinski definition) is 0. The second-order valence-corrected chi connectivity index (χ2v) is 9.29.